The molecule has 0 unspecified atom stereocenters. The number of amides is 1. The standard InChI is InChI=1S/C18H12ClF2NO3/c19-13-3-1-2-4-16(13)24-10-12-6-8-17(25-12)18(23)22-15-9-11(20)5-7-14(15)21/h1-9H,10H2,(H,22,23). The van der Waals surface area contributed by atoms with E-state index >= 15 is 0 Å². The molecule has 3 aromatic rings. The van der Waals surface area contributed by atoms with Crippen molar-refractivity contribution < 1.29 is 22.7 Å². The zero-order valence-corrected chi connectivity index (χ0v) is 13.5. The molecule has 0 aliphatic heterocycles. The highest BCUT2D eigenvalue weighted by Gasteiger charge is 2.14. The lowest BCUT2D eigenvalue weighted by Gasteiger charge is -2.06. The lowest BCUT2D eigenvalue weighted by molar-refractivity contribution is 0.0992. The summed E-state index contributed by atoms with van der Waals surface area (Å²) >= 11 is 5.98. The van der Waals surface area contributed by atoms with E-state index in [1.54, 1.807) is 30.3 Å². The first-order valence-electron chi connectivity index (χ1n) is 7.25. The number of furan rings is 1. The number of rotatable bonds is 5. The molecule has 0 spiro atoms. The zero-order valence-electron chi connectivity index (χ0n) is 12.8. The number of halogens is 3. The summed E-state index contributed by atoms with van der Waals surface area (Å²) in [6.45, 7) is 0.0609. The SMILES string of the molecule is O=C(Nc1cc(F)ccc1F)c1ccc(COc2ccccc2Cl)o1. The third kappa shape index (κ3) is 4.16. The number of carbonyl (C=O) groups excluding carboxylic acids is 1. The van der Waals surface area contributed by atoms with Gasteiger partial charge >= 0.3 is 0 Å². The van der Waals surface area contributed by atoms with Gasteiger partial charge in [0.05, 0.1) is 10.7 Å². The third-order valence-corrected chi connectivity index (χ3v) is 3.58. The van der Waals surface area contributed by atoms with Crippen LogP contribution in [0.25, 0.3) is 0 Å². The summed E-state index contributed by atoms with van der Waals surface area (Å²) in [6.07, 6.45) is 0. The number of anilines is 1. The lowest BCUT2D eigenvalue weighted by atomic mass is 10.3. The highest BCUT2D eigenvalue weighted by atomic mass is 35.5. The summed E-state index contributed by atoms with van der Waals surface area (Å²) in [4.78, 5) is 12.1. The van der Waals surface area contributed by atoms with E-state index in [1.165, 1.54) is 6.07 Å². The normalized spacial score (nSPS) is 10.5. The number of nitrogens with one attached hydrogen (secondary N) is 1. The fraction of sp³-hybridized carbons (Fsp3) is 0.0556. The second kappa shape index (κ2) is 7.36. The van der Waals surface area contributed by atoms with E-state index in [2.05, 4.69) is 5.32 Å². The maximum atomic E-state index is 13.6. The molecular weight excluding hydrogens is 352 g/mol. The molecule has 3 rings (SSSR count). The van der Waals surface area contributed by atoms with Crippen LogP contribution in [-0.2, 0) is 6.61 Å². The zero-order chi connectivity index (χ0) is 17.8. The van der Waals surface area contributed by atoms with Gasteiger partial charge in [-0.1, -0.05) is 23.7 Å². The molecule has 1 aromatic heterocycles. The van der Waals surface area contributed by atoms with Gasteiger partial charge in [-0.25, -0.2) is 8.78 Å². The first-order chi connectivity index (χ1) is 12.0. The molecule has 7 heteroatoms. The molecule has 1 N–H and O–H groups in total. The Labute approximate surface area is 147 Å². The van der Waals surface area contributed by atoms with Gasteiger partial charge < -0.3 is 14.5 Å². The van der Waals surface area contributed by atoms with Gasteiger partial charge in [0, 0.05) is 6.07 Å². The minimum absolute atomic E-state index is 0.0542. The Morgan fingerprint density at radius 3 is 2.72 bits per heavy atom. The molecule has 0 radical (unpaired) electrons. The number of carbonyl (C=O) groups is 1. The van der Waals surface area contributed by atoms with Gasteiger partial charge in [0.2, 0.25) is 0 Å². The van der Waals surface area contributed by atoms with Crippen LogP contribution in [0.5, 0.6) is 5.75 Å². The molecule has 0 saturated carbocycles. The minimum Gasteiger partial charge on any atom is -0.484 e. The number of ether oxygens (including phenoxy) is 1. The first kappa shape index (κ1) is 17.0. The maximum absolute atomic E-state index is 13.6. The molecule has 1 amide bonds. The Hall–Kier alpha value is -2.86. The van der Waals surface area contributed by atoms with Crippen LogP contribution in [0.15, 0.2) is 59.0 Å². The van der Waals surface area contributed by atoms with Crippen LogP contribution in [0.4, 0.5) is 14.5 Å². The van der Waals surface area contributed by atoms with Gasteiger partial charge in [-0.05, 0) is 36.4 Å². The van der Waals surface area contributed by atoms with E-state index in [9.17, 15) is 13.6 Å². The van der Waals surface area contributed by atoms with Crippen molar-refractivity contribution in [3.8, 4) is 5.75 Å². The first-order valence-corrected chi connectivity index (χ1v) is 7.63. The summed E-state index contributed by atoms with van der Waals surface area (Å²) in [5.41, 5.74) is -0.268. The fourth-order valence-corrected chi connectivity index (χ4v) is 2.26. The predicted octanol–water partition coefficient (Wildman–Crippen LogP) is 5.04. The van der Waals surface area contributed by atoms with Crippen molar-refractivity contribution in [3.63, 3.8) is 0 Å². The van der Waals surface area contributed by atoms with Crippen LogP contribution in [0, 0.1) is 11.6 Å². The quantitative estimate of drug-likeness (QED) is 0.690. The monoisotopic (exact) mass is 363 g/mol. The fourth-order valence-electron chi connectivity index (χ4n) is 2.07. The Balaban J connectivity index is 1.65. The van der Waals surface area contributed by atoms with E-state index < -0.39 is 17.5 Å². The van der Waals surface area contributed by atoms with E-state index in [1.807, 2.05) is 0 Å². The van der Waals surface area contributed by atoms with E-state index in [4.69, 9.17) is 20.8 Å². The molecule has 4 nitrogen and oxygen atoms in total. The van der Waals surface area contributed by atoms with Crippen molar-refractivity contribution in [2.45, 2.75) is 6.61 Å². The summed E-state index contributed by atoms with van der Waals surface area (Å²) in [7, 11) is 0. The smallest absolute Gasteiger partial charge is 0.291 e. The van der Waals surface area contributed by atoms with Gasteiger partial charge in [-0.3, -0.25) is 4.79 Å². The molecule has 128 valence electrons. The van der Waals surface area contributed by atoms with Gasteiger partial charge in [-0.2, -0.15) is 0 Å². The van der Waals surface area contributed by atoms with Crippen molar-refractivity contribution in [2.75, 3.05) is 5.32 Å². The lowest BCUT2D eigenvalue weighted by Crippen LogP contribution is -2.12. The number of hydrogen-bond acceptors (Lipinski definition) is 3. The van der Waals surface area contributed by atoms with E-state index in [-0.39, 0.29) is 18.1 Å². The summed E-state index contributed by atoms with van der Waals surface area (Å²) in [6, 6.07) is 12.7. The average Bonchev–Trinajstić information content (AvgIpc) is 3.06. The van der Waals surface area contributed by atoms with Crippen molar-refractivity contribution in [1.29, 1.82) is 0 Å². The molecule has 1 heterocycles. The molecule has 0 aliphatic carbocycles. The van der Waals surface area contributed by atoms with Gasteiger partial charge in [0.15, 0.2) is 5.76 Å². The van der Waals surface area contributed by atoms with Crippen molar-refractivity contribution in [3.05, 3.63) is 82.8 Å². The van der Waals surface area contributed by atoms with Crippen LogP contribution in [0.2, 0.25) is 5.02 Å². The van der Waals surface area contributed by atoms with Crippen LogP contribution in [-0.4, -0.2) is 5.91 Å². The van der Waals surface area contributed by atoms with Crippen molar-refractivity contribution in [1.82, 2.24) is 0 Å². The molecule has 0 aliphatic rings. The maximum Gasteiger partial charge on any atom is 0.291 e. The Morgan fingerprint density at radius 2 is 1.92 bits per heavy atom. The summed E-state index contributed by atoms with van der Waals surface area (Å²) < 4.78 is 37.5. The molecule has 2 aromatic carbocycles. The van der Waals surface area contributed by atoms with E-state index in [0.717, 1.165) is 18.2 Å². The summed E-state index contributed by atoms with van der Waals surface area (Å²) in [5, 5.41) is 2.71. The van der Waals surface area contributed by atoms with Gasteiger partial charge in [0.25, 0.3) is 5.91 Å². The van der Waals surface area contributed by atoms with Crippen LogP contribution in [0.3, 0.4) is 0 Å². The van der Waals surface area contributed by atoms with Crippen LogP contribution >= 0.6 is 11.6 Å². The molecule has 0 saturated heterocycles. The second-order valence-electron chi connectivity index (χ2n) is 5.06. The number of hydrogen-bond donors (Lipinski definition) is 1. The molecular formula is C18H12ClF2NO3. The third-order valence-electron chi connectivity index (χ3n) is 3.27. The Morgan fingerprint density at radius 1 is 1.12 bits per heavy atom. The van der Waals surface area contributed by atoms with Crippen molar-refractivity contribution in [2.24, 2.45) is 0 Å². The second-order valence-corrected chi connectivity index (χ2v) is 5.47. The number of benzene rings is 2. The Bertz CT molecular complexity index is 911. The topological polar surface area (TPSA) is 51.5 Å². The molecule has 25 heavy (non-hydrogen) atoms. The highest BCUT2D eigenvalue weighted by Crippen LogP contribution is 2.24. The minimum atomic E-state index is -0.747. The predicted molar refractivity (Wildman–Crippen MR) is 88.8 cm³/mol. The largest absolute Gasteiger partial charge is 0.484 e. The van der Waals surface area contributed by atoms with Gasteiger partial charge in [-0.15, -0.1) is 0 Å². The highest BCUT2D eigenvalue weighted by molar-refractivity contribution is 6.32. The van der Waals surface area contributed by atoms with Gasteiger partial charge in [0.1, 0.15) is 29.8 Å². The average molecular weight is 364 g/mol. The van der Waals surface area contributed by atoms with Crippen LogP contribution < -0.4 is 10.1 Å². The molecule has 0 atom stereocenters. The molecule has 0 fully saturated rings. The van der Waals surface area contributed by atoms with Crippen molar-refractivity contribution >= 4 is 23.2 Å². The Kier molecular flexibility index (Phi) is 5.00. The number of para-hydroxylation sites is 1. The molecule has 0 bridgehead atoms. The van der Waals surface area contributed by atoms with E-state index in [0.29, 0.717) is 16.5 Å². The summed E-state index contributed by atoms with van der Waals surface area (Å²) in [5.74, 6) is -1.30. The van der Waals surface area contributed by atoms with Crippen LogP contribution in [0.1, 0.15) is 16.3 Å².